The van der Waals surface area contributed by atoms with Gasteiger partial charge in [0.1, 0.15) is 0 Å². The van der Waals surface area contributed by atoms with Crippen molar-refractivity contribution in [2.24, 2.45) is 0 Å². The lowest BCUT2D eigenvalue weighted by Gasteiger charge is -2.11. The van der Waals surface area contributed by atoms with Gasteiger partial charge in [-0.05, 0) is 6.07 Å². The summed E-state index contributed by atoms with van der Waals surface area (Å²) in [4.78, 5) is 15.3. The van der Waals surface area contributed by atoms with Gasteiger partial charge in [-0.15, -0.1) is 0 Å². The molecule has 1 aromatic carbocycles. The summed E-state index contributed by atoms with van der Waals surface area (Å²) in [5, 5.41) is 2.51. The predicted molar refractivity (Wildman–Crippen MR) is 69.6 cm³/mol. The molecule has 2 rings (SSSR count). The Balaban J connectivity index is 2.38. The molecule has 1 aromatic heterocycles. The number of anilines is 3. The van der Waals surface area contributed by atoms with Crippen LogP contribution in [0, 0.1) is 17.5 Å². The molecule has 0 saturated heterocycles. The van der Waals surface area contributed by atoms with Crippen molar-refractivity contribution < 1.29 is 22.7 Å². The minimum absolute atomic E-state index is 0.0108. The largest absolute Gasteiger partial charge is 0.465 e. The molecule has 110 valence electrons. The van der Waals surface area contributed by atoms with Crippen molar-refractivity contribution in [2.75, 3.05) is 18.2 Å². The van der Waals surface area contributed by atoms with Crippen LogP contribution in [0.25, 0.3) is 0 Å². The Morgan fingerprint density at radius 2 is 1.90 bits per heavy atom. The van der Waals surface area contributed by atoms with Gasteiger partial charge >= 0.3 is 5.97 Å². The maximum absolute atomic E-state index is 13.1. The second kappa shape index (κ2) is 5.70. The second-order valence-corrected chi connectivity index (χ2v) is 3.99. The maximum Gasteiger partial charge on any atom is 0.340 e. The number of methoxy groups -OCH3 is 1. The lowest BCUT2D eigenvalue weighted by Crippen LogP contribution is -2.09. The van der Waals surface area contributed by atoms with Crippen LogP contribution in [0.1, 0.15) is 10.4 Å². The fraction of sp³-hybridized carbons (Fsp3) is 0.0769. The van der Waals surface area contributed by atoms with Gasteiger partial charge in [0, 0.05) is 24.0 Å². The van der Waals surface area contributed by atoms with Crippen molar-refractivity contribution in [3.05, 3.63) is 47.4 Å². The molecule has 0 aliphatic heterocycles. The molecule has 0 aliphatic rings. The number of aromatic nitrogens is 1. The number of nitrogens with two attached hydrogens (primary N) is 1. The predicted octanol–water partition coefficient (Wildman–Crippen LogP) is 2.61. The molecule has 0 bridgehead atoms. The molecule has 0 saturated carbocycles. The van der Waals surface area contributed by atoms with E-state index < -0.39 is 23.4 Å². The molecule has 1 heterocycles. The van der Waals surface area contributed by atoms with Crippen LogP contribution < -0.4 is 11.1 Å². The van der Waals surface area contributed by atoms with Gasteiger partial charge in [-0.3, -0.25) is 0 Å². The van der Waals surface area contributed by atoms with Crippen molar-refractivity contribution in [3.8, 4) is 0 Å². The third kappa shape index (κ3) is 2.88. The van der Waals surface area contributed by atoms with Crippen LogP contribution in [-0.4, -0.2) is 18.1 Å². The number of nitrogens with one attached hydrogen (secondary N) is 1. The highest BCUT2D eigenvalue weighted by Gasteiger charge is 2.15. The number of esters is 1. The van der Waals surface area contributed by atoms with E-state index in [0.29, 0.717) is 0 Å². The van der Waals surface area contributed by atoms with E-state index in [1.807, 2.05) is 0 Å². The zero-order valence-corrected chi connectivity index (χ0v) is 10.8. The highest BCUT2D eigenvalue weighted by Crippen LogP contribution is 2.26. The molecular formula is C13H10F3N3O2. The van der Waals surface area contributed by atoms with Gasteiger partial charge in [0.2, 0.25) is 0 Å². The average Bonchev–Trinajstić information content (AvgIpc) is 2.46. The summed E-state index contributed by atoms with van der Waals surface area (Å²) >= 11 is 0. The molecule has 0 radical (unpaired) electrons. The second-order valence-electron chi connectivity index (χ2n) is 3.99. The minimum atomic E-state index is -1.58. The number of halogens is 3. The summed E-state index contributed by atoms with van der Waals surface area (Å²) in [6.07, 6.45) is 1.27. The van der Waals surface area contributed by atoms with Crippen LogP contribution in [0.4, 0.5) is 30.4 Å². The molecule has 2 aromatic rings. The normalized spacial score (nSPS) is 10.3. The van der Waals surface area contributed by atoms with E-state index in [1.54, 1.807) is 0 Å². The topological polar surface area (TPSA) is 77.2 Å². The van der Waals surface area contributed by atoms with Crippen molar-refractivity contribution in [1.29, 1.82) is 0 Å². The number of hydrogen-bond acceptors (Lipinski definition) is 5. The Hall–Kier alpha value is -2.77. The van der Waals surface area contributed by atoms with Gasteiger partial charge in [-0.1, -0.05) is 0 Å². The van der Waals surface area contributed by atoms with Gasteiger partial charge in [0.05, 0.1) is 18.4 Å². The first kappa shape index (κ1) is 14.6. The SMILES string of the molecule is COC(=O)c1ccnc(Nc2cc(F)c(F)c(F)c2)c1N. The van der Waals surface area contributed by atoms with Crippen LogP contribution in [0.3, 0.4) is 0 Å². The van der Waals surface area contributed by atoms with Gasteiger partial charge in [-0.2, -0.15) is 0 Å². The molecule has 8 heteroatoms. The first-order chi connectivity index (χ1) is 9.93. The summed E-state index contributed by atoms with van der Waals surface area (Å²) in [5.41, 5.74) is 5.60. The molecular weight excluding hydrogens is 287 g/mol. The molecule has 0 fully saturated rings. The van der Waals surface area contributed by atoms with Gasteiger partial charge in [0.25, 0.3) is 0 Å². The van der Waals surface area contributed by atoms with E-state index >= 15 is 0 Å². The zero-order valence-electron chi connectivity index (χ0n) is 10.8. The molecule has 0 aliphatic carbocycles. The summed E-state index contributed by atoms with van der Waals surface area (Å²) in [7, 11) is 1.18. The van der Waals surface area contributed by atoms with E-state index in [2.05, 4.69) is 15.0 Å². The molecule has 5 nitrogen and oxygen atoms in total. The van der Waals surface area contributed by atoms with E-state index in [1.165, 1.54) is 19.4 Å². The lowest BCUT2D eigenvalue weighted by molar-refractivity contribution is 0.0602. The number of carbonyl (C=O) groups is 1. The number of rotatable bonds is 3. The van der Waals surface area contributed by atoms with Gasteiger partial charge in [0.15, 0.2) is 23.3 Å². The molecule has 21 heavy (non-hydrogen) atoms. The summed E-state index contributed by atoms with van der Waals surface area (Å²) < 4.78 is 43.6. The van der Waals surface area contributed by atoms with Crippen LogP contribution >= 0.6 is 0 Å². The third-order valence-corrected chi connectivity index (χ3v) is 2.64. The maximum atomic E-state index is 13.1. The number of nitrogen functional groups attached to an aromatic ring is 1. The lowest BCUT2D eigenvalue weighted by atomic mass is 10.2. The Morgan fingerprint density at radius 3 is 2.48 bits per heavy atom. The number of benzene rings is 1. The smallest absolute Gasteiger partial charge is 0.340 e. The molecule has 0 spiro atoms. The Kier molecular flexibility index (Phi) is 3.97. The van der Waals surface area contributed by atoms with E-state index in [0.717, 1.165) is 12.1 Å². The van der Waals surface area contributed by atoms with E-state index in [-0.39, 0.29) is 22.8 Å². The fourth-order valence-electron chi connectivity index (χ4n) is 1.63. The first-order valence-corrected chi connectivity index (χ1v) is 5.68. The molecule has 3 N–H and O–H groups in total. The van der Waals surface area contributed by atoms with Crippen molar-refractivity contribution in [3.63, 3.8) is 0 Å². The monoisotopic (exact) mass is 297 g/mol. The number of hydrogen-bond donors (Lipinski definition) is 2. The summed E-state index contributed by atoms with van der Waals surface area (Å²) in [6, 6.07) is 2.81. The number of nitrogens with zero attached hydrogens (tertiary/aromatic N) is 1. The quantitative estimate of drug-likeness (QED) is 0.672. The highest BCUT2D eigenvalue weighted by molar-refractivity contribution is 5.97. The Labute approximate surface area is 117 Å². The highest BCUT2D eigenvalue weighted by atomic mass is 19.2. The fourth-order valence-corrected chi connectivity index (χ4v) is 1.63. The van der Waals surface area contributed by atoms with Crippen LogP contribution in [0.5, 0.6) is 0 Å². The van der Waals surface area contributed by atoms with Gasteiger partial charge < -0.3 is 15.8 Å². The van der Waals surface area contributed by atoms with Crippen molar-refractivity contribution in [2.45, 2.75) is 0 Å². The van der Waals surface area contributed by atoms with Crippen LogP contribution in [0.2, 0.25) is 0 Å². The summed E-state index contributed by atoms with van der Waals surface area (Å²) in [6.45, 7) is 0. The van der Waals surface area contributed by atoms with Crippen LogP contribution in [0.15, 0.2) is 24.4 Å². The standard InChI is InChI=1S/C13H10F3N3O2/c1-21-13(20)7-2-3-18-12(11(7)17)19-6-4-8(14)10(16)9(15)5-6/h2-5H,17H2,1H3,(H,18,19). The third-order valence-electron chi connectivity index (χ3n) is 2.64. The number of pyridine rings is 1. The van der Waals surface area contributed by atoms with E-state index in [4.69, 9.17) is 5.73 Å². The van der Waals surface area contributed by atoms with Crippen LogP contribution in [-0.2, 0) is 4.74 Å². The van der Waals surface area contributed by atoms with Gasteiger partial charge in [-0.25, -0.2) is 22.9 Å². The average molecular weight is 297 g/mol. The number of ether oxygens (including phenoxy) is 1. The zero-order chi connectivity index (χ0) is 15.6. The minimum Gasteiger partial charge on any atom is -0.465 e. The first-order valence-electron chi connectivity index (χ1n) is 5.68. The Morgan fingerprint density at radius 1 is 1.29 bits per heavy atom. The molecule has 0 atom stereocenters. The Bertz CT molecular complexity index is 684. The van der Waals surface area contributed by atoms with E-state index in [9.17, 15) is 18.0 Å². The summed E-state index contributed by atoms with van der Waals surface area (Å²) in [5.74, 6) is -5.00. The van der Waals surface area contributed by atoms with Crippen molar-refractivity contribution >= 4 is 23.2 Å². The number of carbonyl (C=O) groups excluding carboxylic acids is 1. The van der Waals surface area contributed by atoms with Crippen molar-refractivity contribution in [1.82, 2.24) is 4.98 Å². The molecule has 0 unspecified atom stereocenters. The molecule has 0 amide bonds.